The Morgan fingerprint density at radius 3 is 1.84 bits per heavy atom. The molecular formula is C46H29NS2. The summed E-state index contributed by atoms with van der Waals surface area (Å²) in [7, 11) is 0. The van der Waals surface area contributed by atoms with Crippen molar-refractivity contribution in [1.29, 1.82) is 0 Å². The fourth-order valence-corrected chi connectivity index (χ4v) is 9.69. The van der Waals surface area contributed by atoms with Gasteiger partial charge in [0.15, 0.2) is 0 Å². The van der Waals surface area contributed by atoms with Crippen LogP contribution < -0.4 is 4.90 Å². The molecular weight excluding hydrogens is 631 g/mol. The highest BCUT2D eigenvalue weighted by atomic mass is 32.1. The Balaban J connectivity index is 1.13. The number of anilines is 3. The zero-order valence-electron chi connectivity index (χ0n) is 26.5. The Kier molecular flexibility index (Phi) is 6.61. The quantitative estimate of drug-likeness (QED) is 0.178. The summed E-state index contributed by atoms with van der Waals surface area (Å²) < 4.78 is 5.26. The standard InChI is InChI=1S/C46H29NS2/c1-2-14-36-31(10-1)11-8-17-37(36)33-12-7-13-35(28-33)47(42-19-9-18-41-39-16-4-6-21-44(39)49-46(41)42)34-25-22-30(23-26-34)32-24-27-40-38-15-3-5-20-43(38)48-45(40)29-32/h1-29H. The molecule has 2 aromatic heterocycles. The maximum atomic E-state index is 2.44. The van der Waals surface area contributed by atoms with Gasteiger partial charge in [0, 0.05) is 47.0 Å². The molecule has 0 spiro atoms. The van der Waals surface area contributed by atoms with E-state index in [4.69, 9.17) is 0 Å². The Hall–Kier alpha value is -5.74. The molecule has 0 saturated heterocycles. The molecule has 0 N–H and O–H groups in total. The SMILES string of the molecule is c1cc(-c2cccc3ccccc23)cc(N(c2ccc(-c3ccc4c(c3)sc3ccccc34)cc2)c2cccc3c2sc2ccccc23)c1. The normalized spacial score (nSPS) is 11.7. The van der Waals surface area contributed by atoms with Crippen LogP contribution >= 0.6 is 22.7 Å². The summed E-state index contributed by atoms with van der Waals surface area (Å²) in [6, 6.07) is 64.4. The van der Waals surface area contributed by atoms with E-state index in [1.807, 2.05) is 22.7 Å². The number of fused-ring (bicyclic) bond motifs is 7. The van der Waals surface area contributed by atoms with Gasteiger partial charge < -0.3 is 4.90 Å². The van der Waals surface area contributed by atoms with Crippen molar-refractivity contribution in [2.45, 2.75) is 0 Å². The Morgan fingerprint density at radius 1 is 0.347 bits per heavy atom. The second-order valence-electron chi connectivity index (χ2n) is 12.5. The van der Waals surface area contributed by atoms with Crippen LogP contribution in [0.4, 0.5) is 17.1 Å². The van der Waals surface area contributed by atoms with Gasteiger partial charge in [0.05, 0.1) is 10.4 Å². The van der Waals surface area contributed by atoms with Crippen molar-refractivity contribution in [3.8, 4) is 22.3 Å². The molecule has 10 aromatic rings. The second-order valence-corrected chi connectivity index (χ2v) is 14.7. The lowest BCUT2D eigenvalue weighted by Gasteiger charge is -2.27. The van der Waals surface area contributed by atoms with Crippen molar-refractivity contribution < 1.29 is 0 Å². The first-order valence-electron chi connectivity index (χ1n) is 16.6. The first-order chi connectivity index (χ1) is 24.3. The first kappa shape index (κ1) is 28.3. The molecule has 3 heteroatoms. The fraction of sp³-hybridized carbons (Fsp3) is 0. The van der Waals surface area contributed by atoms with E-state index in [1.54, 1.807) is 0 Å². The van der Waals surface area contributed by atoms with Crippen LogP contribution in [0.15, 0.2) is 176 Å². The fourth-order valence-electron chi connectivity index (χ4n) is 7.33. The van der Waals surface area contributed by atoms with Crippen LogP contribution in [0.5, 0.6) is 0 Å². The van der Waals surface area contributed by atoms with Crippen molar-refractivity contribution in [2.24, 2.45) is 0 Å². The third-order valence-corrected chi connectivity index (χ3v) is 12.0. The number of hydrogen-bond donors (Lipinski definition) is 0. The van der Waals surface area contributed by atoms with Crippen LogP contribution in [0.1, 0.15) is 0 Å². The van der Waals surface area contributed by atoms with Gasteiger partial charge in [0.1, 0.15) is 0 Å². The number of rotatable bonds is 5. The van der Waals surface area contributed by atoms with E-state index in [1.165, 1.54) is 79.1 Å². The zero-order valence-corrected chi connectivity index (χ0v) is 28.1. The van der Waals surface area contributed by atoms with Crippen molar-refractivity contribution in [2.75, 3.05) is 4.90 Å². The number of benzene rings is 8. The largest absolute Gasteiger partial charge is 0.309 e. The molecule has 0 aliphatic heterocycles. The molecule has 0 amide bonds. The minimum Gasteiger partial charge on any atom is -0.309 e. The van der Waals surface area contributed by atoms with Gasteiger partial charge in [-0.2, -0.15) is 0 Å². The van der Waals surface area contributed by atoms with Crippen molar-refractivity contribution in [3.05, 3.63) is 176 Å². The van der Waals surface area contributed by atoms with Gasteiger partial charge in [-0.3, -0.25) is 0 Å². The van der Waals surface area contributed by atoms with E-state index < -0.39 is 0 Å². The molecule has 0 aliphatic rings. The van der Waals surface area contributed by atoms with E-state index in [2.05, 4.69) is 181 Å². The van der Waals surface area contributed by atoms with Crippen LogP contribution in [0, 0.1) is 0 Å². The molecule has 0 aliphatic carbocycles. The molecule has 2 heterocycles. The van der Waals surface area contributed by atoms with Crippen LogP contribution in [0.3, 0.4) is 0 Å². The Bertz CT molecular complexity index is 2830. The van der Waals surface area contributed by atoms with Crippen molar-refractivity contribution >= 4 is 90.9 Å². The minimum absolute atomic E-state index is 1.13. The van der Waals surface area contributed by atoms with Gasteiger partial charge in [-0.05, 0) is 81.6 Å². The topological polar surface area (TPSA) is 3.24 Å². The van der Waals surface area contributed by atoms with Gasteiger partial charge in [-0.15, -0.1) is 22.7 Å². The van der Waals surface area contributed by atoms with Crippen molar-refractivity contribution in [3.63, 3.8) is 0 Å². The van der Waals surface area contributed by atoms with Crippen LogP contribution in [0.25, 0.3) is 73.4 Å². The van der Waals surface area contributed by atoms with Gasteiger partial charge >= 0.3 is 0 Å². The molecule has 0 radical (unpaired) electrons. The third-order valence-electron chi connectivity index (χ3n) is 9.67. The molecule has 8 aromatic carbocycles. The molecule has 49 heavy (non-hydrogen) atoms. The van der Waals surface area contributed by atoms with Gasteiger partial charge in [0.25, 0.3) is 0 Å². The van der Waals surface area contributed by atoms with Crippen LogP contribution in [-0.4, -0.2) is 0 Å². The van der Waals surface area contributed by atoms with Gasteiger partial charge in [0.2, 0.25) is 0 Å². The van der Waals surface area contributed by atoms with Crippen LogP contribution in [0.2, 0.25) is 0 Å². The summed E-state index contributed by atoms with van der Waals surface area (Å²) in [4.78, 5) is 2.44. The average Bonchev–Trinajstić information content (AvgIpc) is 3.74. The summed E-state index contributed by atoms with van der Waals surface area (Å²) in [6.45, 7) is 0. The summed E-state index contributed by atoms with van der Waals surface area (Å²) in [5, 5.41) is 7.78. The molecule has 230 valence electrons. The molecule has 0 bridgehead atoms. The highest BCUT2D eigenvalue weighted by molar-refractivity contribution is 7.26. The molecule has 0 atom stereocenters. The van der Waals surface area contributed by atoms with E-state index in [-0.39, 0.29) is 0 Å². The van der Waals surface area contributed by atoms with Gasteiger partial charge in [-0.25, -0.2) is 0 Å². The molecule has 1 nitrogen and oxygen atoms in total. The summed E-state index contributed by atoms with van der Waals surface area (Å²) in [5.74, 6) is 0. The lowest BCUT2D eigenvalue weighted by molar-refractivity contribution is 1.30. The van der Waals surface area contributed by atoms with E-state index in [9.17, 15) is 0 Å². The van der Waals surface area contributed by atoms with Crippen molar-refractivity contribution in [1.82, 2.24) is 0 Å². The van der Waals surface area contributed by atoms with Crippen LogP contribution in [-0.2, 0) is 0 Å². The predicted octanol–water partition coefficient (Wildman–Crippen LogP) is 14.4. The Labute approximate surface area is 292 Å². The smallest absolute Gasteiger partial charge is 0.0640 e. The summed E-state index contributed by atoms with van der Waals surface area (Å²) in [6.07, 6.45) is 0. The average molecular weight is 660 g/mol. The summed E-state index contributed by atoms with van der Waals surface area (Å²) in [5.41, 5.74) is 8.35. The summed E-state index contributed by atoms with van der Waals surface area (Å²) >= 11 is 3.74. The zero-order chi connectivity index (χ0) is 32.3. The minimum atomic E-state index is 1.13. The number of nitrogens with zero attached hydrogens (tertiary/aromatic N) is 1. The molecule has 0 saturated carbocycles. The first-order valence-corrected chi connectivity index (χ1v) is 18.2. The maximum absolute atomic E-state index is 2.44. The van der Waals surface area contributed by atoms with E-state index in [0.717, 1.165) is 11.4 Å². The Morgan fingerprint density at radius 2 is 0.980 bits per heavy atom. The van der Waals surface area contributed by atoms with E-state index in [0.29, 0.717) is 0 Å². The van der Waals surface area contributed by atoms with E-state index >= 15 is 0 Å². The third kappa shape index (κ3) is 4.74. The molecule has 0 fully saturated rings. The lowest BCUT2D eigenvalue weighted by atomic mass is 9.97. The molecule has 10 rings (SSSR count). The number of thiophene rings is 2. The number of hydrogen-bond acceptors (Lipinski definition) is 3. The molecule has 0 unspecified atom stereocenters. The maximum Gasteiger partial charge on any atom is 0.0640 e. The highest BCUT2D eigenvalue weighted by Gasteiger charge is 2.19. The highest BCUT2D eigenvalue weighted by Crippen LogP contribution is 2.46. The monoisotopic (exact) mass is 659 g/mol. The van der Waals surface area contributed by atoms with Gasteiger partial charge in [-0.1, -0.05) is 127 Å². The second kappa shape index (κ2) is 11.5. The lowest BCUT2D eigenvalue weighted by Crippen LogP contribution is -2.10. The predicted molar refractivity (Wildman–Crippen MR) is 215 cm³/mol.